The molecule has 25 heavy (non-hydrogen) atoms. The molecule has 0 aliphatic carbocycles. The molecular formula is C17H20N4O4. The molecule has 1 N–H and O–H groups in total. The van der Waals surface area contributed by atoms with E-state index in [1.807, 2.05) is 24.3 Å². The van der Waals surface area contributed by atoms with Crippen LogP contribution in [0.1, 0.15) is 28.9 Å². The number of nitro groups is 1. The number of amides is 1. The maximum Gasteiger partial charge on any atom is 0.319 e. The van der Waals surface area contributed by atoms with Crippen molar-refractivity contribution in [2.75, 3.05) is 20.2 Å². The van der Waals surface area contributed by atoms with Crippen LogP contribution in [0, 0.1) is 16.0 Å². The highest BCUT2D eigenvalue weighted by molar-refractivity contribution is 5.96. The summed E-state index contributed by atoms with van der Waals surface area (Å²) in [6.45, 7) is 1.19. The van der Waals surface area contributed by atoms with Gasteiger partial charge in [-0.05, 0) is 42.9 Å². The molecule has 1 aliphatic rings. The van der Waals surface area contributed by atoms with Crippen molar-refractivity contribution < 1.29 is 14.5 Å². The van der Waals surface area contributed by atoms with E-state index in [9.17, 15) is 14.9 Å². The van der Waals surface area contributed by atoms with Gasteiger partial charge in [0.1, 0.15) is 11.9 Å². The van der Waals surface area contributed by atoms with Crippen molar-refractivity contribution in [3.05, 3.63) is 51.8 Å². The lowest BCUT2D eigenvalue weighted by atomic mass is 9.91. The number of carbonyl (C=O) groups excluding carboxylic acids is 1. The van der Waals surface area contributed by atoms with Gasteiger partial charge in [-0.1, -0.05) is 12.1 Å². The van der Waals surface area contributed by atoms with Crippen molar-refractivity contribution in [2.45, 2.75) is 19.3 Å². The fourth-order valence-electron chi connectivity index (χ4n) is 3.24. The third-order valence-corrected chi connectivity index (χ3v) is 4.52. The smallest absolute Gasteiger partial charge is 0.319 e. The minimum atomic E-state index is -0.588. The van der Waals surface area contributed by atoms with E-state index in [2.05, 4.69) is 10.2 Å². The van der Waals surface area contributed by atoms with E-state index in [0.717, 1.165) is 31.2 Å². The van der Waals surface area contributed by atoms with Crippen LogP contribution in [0.25, 0.3) is 0 Å². The summed E-state index contributed by atoms with van der Waals surface area (Å²) in [4.78, 5) is 24.7. The molecule has 1 aromatic carbocycles. The zero-order valence-electron chi connectivity index (χ0n) is 14.0. The monoisotopic (exact) mass is 344 g/mol. The van der Waals surface area contributed by atoms with Crippen molar-refractivity contribution in [1.29, 1.82) is 0 Å². The molecule has 1 aliphatic heterocycles. The largest absolute Gasteiger partial charge is 0.497 e. The molecule has 1 fully saturated rings. The number of carbonyl (C=O) groups is 1. The Kier molecular flexibility index (Phi) is 4.97. The Morgan fingerprint density at radius 3 is 2.88 bits per heavy atom. The molecule has 2 aromatic rings. The molecule has 0 bridgehead atoms. The van der Waals surface area contributed by atoms with Gasteiger partial charge in [-0.2, -0.15) is 5.10 Å². The lowest BCUT2D eigenvalue weighted by molar-refractivity contribution is -0.385. The second kappa shape index (κ2) is 7.33. The van der Waals surface area contributed by atoms with Gasteiger partial charge in [-0.25, -0.2) is 0 Å². The fourth-order valence-corrected chi connectivity index (χ4v) is 3.24. The molecule has 0 spiro atoms. The first-order chi connectivity index (χ1) is 12.1. The van der Waals surface area contributed by atoms with Crippen molar-refractivity contribution in [3.8, 4) is 5.75 Å². The fraction of sp³-hybridized carbons (Fsp3) is 0.412. The number of benzene rings is 1. The predicted octanol–water partition coefficient (Wildman–Crippen LogP) is 2.42. The third kappa shape index (κ3) is 3.78. The Balaban J connectivity index is 1.66. The minimum absolute atomic E-state index is 0.0462. The van der Waals surface area contributed by atoms with Crippen molar-refractivity contribution in [2.24, 2.45) is 5.92 Å². The van der Waals surface area contributed by atoms with Gasteiger partial charge in [-0.15, -0.1) is 0 Å². The van der Waals surface area contributed by atoms with E-state index < -0.39 is 4.92 Å². The highest BCUT2D eigenvalue weighted by Crippen LogP contribution is 2.25. The molecule has 0 radical (unpaired) electrons. The van der Waals surface area contributed by atoms with Gasteiger partial charge < -0.3 is 9.64 Å². The molecule has 1 amide bonds. The molecule has 0 unspecified atom stereocenters. The van der Waals surface area contributed by atoms with Crippen LogP contribution in [0.15, 0.2) is 30.5 Å². The van der Waals surface area contributed by atoms with E-state index >= 15 is 0 Å². The first-order valence-corrected chi connectivity index (χ1v) is 8.18. The zero-order chi connectivity index (χ0) is 17.8. The summed E-state index contributed by atoms with van der Waals surface area (Å²) in [5.74, 6) is 0.785. The third-order valence-electron chi connectivity index (χ3n) is 4.52. The van der Waals surface area contributed by atoms with Gasteiger partial charge in [0.15, 0.2) is 0 Å². The number of rotatable bonds is 5. The van der Waals surface area contributed by atoms with Crippen LogP contribution in [0.3, 0.4) is 0 Å². The Labute approximate surface area is 144 Å². The average Bonchev–Trinajstić information content (AvgIpc) is 3.12. The van der Waals surface area contributed by atoms with E-state index in [1.54, 1.807) is 12.0 Å². The van der Waals surface area contributed by atoms with Gasteiger partial charge in [0.25, 0.3) is 5.91 Å². The van der Waals surface area contributed by atoms with Gasteiger partial charge in [0.05, 0.1) is 12.0 Å². The van der Waals surface area contributed by atoms with Crippen LogP contribution in [0.4, 0.5) is 5.69 Å². The van der Waals surface area contributed by atoms with Crippen molar-refractivity contribution >= 4 is 11.6 Å². The first-order valence-electron chi connectivity index (χ1n) is 8.18. The number of nitrogens with zero attached hydrogens (tertiary/aromatic N) is 3. The Hall–Kier alpha value is -2.90. The van der Waals surface area contributed by atoms with Crippen molar-refractivity contribution in [1.82, 2.24) is 15.1 Å². The number of aromatic amines is 1. The molecular weight excluding hydrogens is 324 g/mol. The Morgan fingerprint density at radius 1 is 1.44 bits per heavy atom. The van der Waals surface area contributed by atoms with Crippen LogP contribution in [0.5, 0.6) is 5.75 Å². The number of hydrogen-bond donors (Lipinski definition) is 1. The highest BCUT2D eigenvalue weighted by Gasteiger charge is 2.30. The summed E-state index contributed by atoms with van der Waals surface area (Å²) in [6, 6.07) is 7.91. The number of hydrogen-bond acceptors (Lipinski definition) is 5. The van der Waals surface area contributed by atoms with Gasteiger partial charge in [0.2, 0.25) is 5.69 Å². The van der Waals surface area contributed by atoms with Gasteiger partial charge in [-0.3, -0.25) is 20.0 Å². The van der Waals surface area contributed by atoms with E-state index in [1.165, 1.54) is 5.56 Å². The van der Waals surface area contributed by atoms with Crippen LogP contribution >= 0.6 is 0 Å². The topological polar surface area (TPSA) is 101 Å². The van der Waals surface area contributed by atoms with Crippen LogP contribution in [-0.4, -0.2) is 46.1 Å². The lowest BCUT2D eigenvalue weighted by Crippen LogP contribution is -2.40. The predicted molar refractivity (Wildman–Crippen MR) is 90.6 cm³/mol. The summed E-state index contributed by atoms with van der Waals surface area (Å²) < 4.78 is 5.16. The Morgan fingerprint density at radius 2 is 2.20 bits per heavy atom. The summed E-state index contributed by atoms with van der Waals surface area (Å²) >= 11 is 0. The van der Waals surface area contributed by atoms with E-state index in [0.29, 0.717) is 19.0 Å². The Bertz CT molecular complexity index is 756. The normalized spacial score (nSPS) is 17.3. The SMILES string of the molecule is COc1ccc(C[C@@H]2CCCN(C(=O)c3[nH]ncc3[N+](=O)[O-])C2)cc1. The number of likely N-dealkylation sites (tertiary alicyclic amines) is 1. The second-order valence-electron chi connectivity index (χ2n) is 6.20. The summed E-state index contributed by atoms with van der Waals surface area (Å²) in [5.41, 5.74) is 0.866. The molecule has 2 heterocycles. The molecule has 0 saturated carbocycles. The van der Waals surface area contributed by atoms with Crippen molar-refractivity contribution in [3.63, 3.8) is 0 Å². The van der Waals surface area contributed by atoms with Crippen LogP contribution in [0.2, 0.25) is 0 Å². The first kappa shape index (κ1) is 16.9. The number of aromatic nitrogens is 2. The summed E-state index contributed by atoms with van der Waals surface area (Å²) in [6.07, 6.45) is 3.85. The van der Waals surface area contributed by atoms with E-state index in [-0.39, 0.29) is 17.3 Å². The molecule has 3 rings (SSSR count). The van der Waals surface area contributed by atoms with Crippen LogP contribution in [-0.2, 0) is 6.42 Å². The maximum absolute atomic E-state index is 12.6. The lowest BCUT2D eigenvalue weighted by Gasteiger charge is -2.32. The highest BCUT2D eigenvalue weighted by atomic mass is 16.6. The summed E-state index contributed by atoms with van der Waals surface area (Å²) in [5, 5.41) is 17.1. The standard InChI is InChI=1S/C17H20N4O4/c1-25-14-6-4-12(5-7-14)9-13-3-2-8-20(11-13)17(22)16-15(21(23)24)10-18-19-16/h4-7,10,13H,2-3,8-9,11H2,1H3,(H,18,19)/t13-/m0/s1. The number of methoxy groups -OCH3 is 1. The maximum atomic E-state index is 12.6. The van der Waals surface area contributed by atoms with E-state index in [4.69, 9.17) is 4.74 Å². The van der Waals surface area contributed by atoms with Gasteiger partial charge >= 0.3 is 5.69 Å². The molecule has 132 valence electrons. The number of H-pyrrole nitrogens is 1. The molecule has 1 aromatic heterocycles. The number of nitrogens with one attached hydrogen (secondary N) is 1. The van der Waals surface area contributed by atoms with Crippen LogP contribution < -0.4 is 4.74 Å². The second-order valence-corrected chi connectivity index (χ2v) is 6.20. The summed E-state index contributed by atoms with van der Waals surface area (Å²) in [7, 11) is 1.63. The molecule has 1 atom stereocenters. The molecule has 1 saturated heterocycles. The zero-order valence-corrected chi connectivity index (χ0v) is 14.0. The minimum Gasteiger partial charge on any atom is -0.497 e. The molecule has 8 heteroatoms. The number of ether oxygens (including phenoxy) is 1. The molecule has 8 nitrogen and oxygen atoms in total. The average molecular weight is 344 g/mol. The quantitative estimate of drug-likeness (QED) is 0.663. The number of piperidine rings is 1. The van der Waals surface area contributed by atoms with Gasteiger partial charge in [0, 0.05) is 13.1 Å².